The van der Waals surface area contributed by atoms with Gasteiger partial charge in [0.25, 0.3) is 10.0 Å². The number of sulfonamides is 1. The zero-order chi connectivity index (χ0) is 17.2. The second kappa shape index (κ2) is 6.24. The third kappa shape index (κ3) is 3.77. The Bertz CT molecular complexity index is 844. The summed E-state index contributed by atoms with van der Waals surface area (Å²) in [6.07, 6.45) is 1.13. The van der Waals surface area contributed by atoms with Crippen LogP contribution in [0, 0.1) is 13.8 Å². The van der Waals surface area contributed by atoms with Crippen LogP contribution >= 0.6 is 0 Å². The average molecular weight is 340 g/mol. The van der Waals surface area contributed by atoms with Crippen LogP contribution in [-0.4, -0.2) is 41.6 Å². The molecular weight excluding hydrogens is 324 g/mol. The first-order valence-corrected chi connectivity index (χ1v) is 8.01. The molecule has 0 atom stereocenters. The van der Waals surface area contributed by atoms with Gasteiger partial charge >= 0.3 is 5.97 Å². The SMILES string of the molecule is COc1cc(C)c(C)cc1S(=O)(=O)Nc1cnn(CC(=O)O)n1. The lowest BCUT2D eigenvalue weighted by molar-refractivity contribution is -0.138. The van der Waals surface area contributed by atoms with Crippen LogP contribution in [0.2, 0.25) is 0 Å². The Morgan fingerprint density at radius 2 is 2.00 bits per heavy atom. The highest BCUT2D eigenvalue weighted by atomic mass is 32.2. The van der Waals surface area contributed by atoms with Crippen LogP contribution in [-0.2, 0) is 21.4 Å². The van der Waals surface area contributed by atoms with Crippen molar-refractivity contribution >= 4 is 21.8 Å². The summed E-state index contributed by atoms with van der Waals surface area (Å²) in [7, 11) is -2.57. The van der Waals surface area contributed by atoms with Gasteiger partial charge in [0.05, 0.1) is 13.3 Å². The fourth-order valence-corrected chi connectivity index (χ4v) is 3.08. The lowest BCUT2D eigenvalue weighted by Crippen LogP contribution is -2.16. The number of nitrogens with one attached hydrogen (secondary N) is 1. The number of methoxy groups -OCH3 is 1. The van der Waals surface area contributed by atoms with Gasteiger partial charge in [-0.2, -0.15) is 9.90 Å². The molecule has 2 aromatic rings. The standard InChI is InChI=1S/C13H16N4O5S/c1-8-4-10(22-3)11(5-9(8)2)23(20,21)16-12-6-14-17(15-12)7-13(18)19/h4-6H,7H2,1-3H3,(H,15,16)(H,18,19). The highest BCUT2D eigenvalue weighted by Gasteiger charge is 2.22. The number of carboxylic acids is 1. The number of rotatable bonds is 6. The van der Waals surface area contributed by atoms with E-state index in [9.17, 15) is 13.2 Å². The number of carbonyl (C=O) groups is 1. The van der Waals surface area contributed by atoms with Crippen molar-refractivity contribution in [2.45, 2.75) is 25.3 Å². The number of carboxylic acid groups (broad SMARTS) is 1. The molecule has 2 rings (SSSR count). The van der Waals surface area contributed by atoms with Gasteiger partial charge < -0.3 is 9.84 Å². The lowest BCUT2D eigenvalue weighted by Gasteiger charge is -2.12. The quantitative estimate of drug-likeness (QED) is 0.796. The molecule has 0 aliphatic rings. The molecule has 10 heteroatoms. The molecule has 0 bridgehead atoms. The highest BCUT2D eigenvalue weighted by Crippen LogP contribution is 2.28. The van der Waals surface area contributed by atoms with Crippen molar-refractivity contribution in [2.24, 2.45) is 0 Å². The van der Waals surface area contributed by atoms with Crippen LogP contribution in [0.5, 0.6) is 5.75 Å². The largest absolute Gasteiger partial charge is 0.495 e. The summed E-state index contributed by atoms with van der Waals surface area (Å²) in [5.74, 6) is -1.00. The molecule has 0 amide bonds. The maximum atomic E-state index is 12.5. The van der Waals surface area contributed by atoms with Crippen molar-refractivity contribution in [2.75, 3.05) is 11.8 Å². The van der Waals surface area contributed by atoms with Crippen molar-refractivity contribution in [3.05, 3.63) is 29.5 Å². The number of aromatic nitrogens is 3. The van der Waals surface area contributed by atoms with Crippen molar-refractivity contribution in [1.82, 2.24) is 15.0 Å². The summed E-state index contributed by atoms with van der Waals surface area (Å²) in [4.78, 5) is 11.4. The number of hydrogen-bond donors (Lipinski definition) is 2. The van der Waals surface area contributed by atoms with Gasteiger partial charge in [-0.15, -0.1) is 5.10 Å². The van der Waals surface area contributed by atoms with E-state index in [0.717, 1.165) is 22.1 Å². The van der Waals surface area contributed by atoms with E-state index >= 15 is 0 Å². The summed E-state index contributed by atoms with van der Waals surface area (Å²) >= 11 is 0. The Morgan fingerprint density at radius 1 is 1.35 bits per heavy atom. The van der Waals surface area contributed by atoms with Crippen LogP contribution in [0.4, 0.5) is 5.82 Å². The second-order valence-electron chi connectivity index (χ2n) is 4.85. The van der Waals surface area contributed by atoms with Gasteiger partial charge in [-0.1, -0.05) is 0 Å². The molecule has 0 aliphatic carbocycles. The second-order valence-corrected chi connectivity index (χ2v) is 6.50. The van der Waals surface area contributed by atoms with Gasteiger partial charge in [-0.05, 0) is 37.1 Å². The van der Waals surface area contributed by atoms with Gasteiger partial charge in [0, 0.05) is 0 Å². The topological polar surface area (TPSA) is 123 Å². The van der Waals surface area contributed by atoms with E-state index in [4.69, 9.17) is 9.84 Å². The molecule has 9 nitrogen and oxygen atoms in total. The molecular formula is C13H16N4O5S. The van der Waals surface area contributed by atoms with Gasteiger partial charge in [0.2, 0.25) is 0 Å². The first kappa shape index (κ1) is 16.7. The third-order valence-electron chi connectivity index (χ3n) is 3.12. The molecule has 1 heterocycles. The van der Waals surface area contributed by atoms with Crippen molar-refractivity contribution < 1.29 is 23.1 Å². The average Bonchev–Trinajstić information content (AvgIpc) is 2.86. The number of benzene rings is 1. The van der Waals surface area contributed by atoms with Crippen LogP contribution in [0.25, 0.3) is 0 Å². The zero-order valence-electron chi connectivity index (χ0n) is 12.8. The molecule has 0 unspecified atom stereocenters. The van der Waals surface area contributed by atoms with E-state index in [0.29, 0.717) is 0 Å². The number of nitrogens with zero attached hydrogens (tertiary/aromatic N) is 3. The predicted octanol–water partition coefficient (Wildman–Crippen LogP) is 0.789. The Balaban J connectivity index is 2.34. The van der Waals surface area contributed by atoms with Crippen LogP contribution in [0.1, 0.15) is 11.1 Å². The third-order valence-corrected chi connectivity index (χ3v) is 4.50. The Kier molecular flexibility index (Phi) is 4.55. The molecule has 0 saturated carbocycles. The van der Waals surface area contributed by atoms with E-state index in [1.54, 1.807) is 13.0 Å². The molecule has 1 aromatic carbocycles. The van der Waals surface area contributed by atoms with E-state index in [-0.39, 0.29) is 16.5 Å². The molecule has 124 valence electrons. The van der Waals surface area contributed by atoms with Gasteiger partial charge in [0.15, 0.2) is 12.4 Å². The smallest absolute Gasteiger partial charge is 0.327 e. The van der Waals surface area contributed by atoms with Gasteiger partial charge in [-0.25, -0.2) is 8.42 Å². The fraction of sp³-hybridized carbons (Fsp3) is 0.308. The molecule has 0 aliphatic heterocycles. The lowest BCUT2D eigenvalue weighted by atomic mass is 10.1. The molecule has 1 aromatic heterocycles. The molecule has 0 saturated heterocycles. The van der Waals surface area contributed by atoms with E-state index in [1.807, 2.05) is 6.92 Å². The van der Waals surface area contributed by atoms with E-state index in [1.165, 1.54) is 13.2 Å². The fourth-order valence-electron chi connectivity index (χ4n) is 1.87. The highest BCUT2D eigenvalue weighted by molar-refractivity contribution is 7.92. The van der Waals surface area contributed by atoms with Crippen LogP contribution < -0.4 is 9.46 Å². The first-order valence-electron chi connectivity index (χ1n) is 6.53. The van der Waals surface area contributed by atoms with E-state index < -0.39 is 22.5 Å². The number of aryl methyl sites for hydroxylation is 2. The van der Waals surface area contributed by atoms with Crippen molar-refractivity contribution in [3.63, 3.8) is 0 Å². The summed E-state index contributed by atoms with van der Waals surface area (Å²) in [6, 6.07) is 3.13. The first-order chi connectivity index (χ1) is 10.7. The molecule has 0 radical (unpaired) electrons. The monoisotopic (exact) mass is 340 g/mol. The number of aliphatic carboxylic acids is 1. The van der Waals surface area contributed by atoms with Crippen LogP contribution in [0.15, 0.2) is 23.2 Å². The minimum atomic E-state index is -3.95. The normalized spacial score (nSPS) is 11.3. The molecule has 0 spiro atoms. The maximum absolute atomic E-state index is 12.5. The summed E-state index contributed by atoms with van der Waals surface area (Å²) in [5, 5.41) is 16.1. The number of hydrogen-bond acceptors (Lipinski definition) is 6. The minimum absolute atomic E-state index is 0.0316. The minimum Gasteiger partial charge on any atom is -0.495 e. The zero-order valence-corrected chi connectivity index (χ0v) is 13.6. The van der Waals surface area contributed by atoms with Crippen molar-refractivity contribution in [1.29, 1.82) is 0 Å². The molecule has 23 heavy (non-hydrogen) atoms. The summed E-state index contributed by atoms with van der Waals surface area (Å²) in [5.41, 5.74) is 1.69. The summed E-state index contributed by atoms with van der Waals surface area (Å²) < 4.78 is 32.4. The maximum Gasteiger partial charge on any atom is 0.327 e. The van der Waals surface area contributed by atoms with Crippen molar-refractivity contribution in [3.8, 4) is 5.75 Å². The molecule has 2 N–H and O–H groups in total. The summed E-state index contributed by atoms with van der Waals surface area (Å²) in [6.45, 7) is 3.17. The predicted molar refractivity (Wildman–Crippen MR) is 80.9 cm³/mol. The van der Waals surface area contributed by atoms with Gasteiger partial charge in [-0.3, -0.25) is 9.52 Å². The molecule has 0 fully saturated rings. The Hall–Kier alpha value is -2.62. The van der Waals surface area contributed by atoms with Crippen LogP contribution in [0.3, 0.4) is 0 Å². The van der Waals surface area contributed by atoms with E-state index in [2.05, 4.69) is 14.9 Å². The van der Waals surface area contributed by atoms with Gasteiger partial charge in [0.1, 0.15) is 10.6 Å². The Morgan fingerprint density at radius 3 is 2.61 bits per heavy atom. The number of anilines is 1. The number of ether oxygens (including phenoxy) is 1. The Labute approximate surface area is 132 Å².